The minimum Gasteiger partial charge on any atom is -0.512 e. The normalized spacial score (nSPS) is 12.6. The van der Waals surface area contributed by atoms with Crippen molar-refractivity contribution in [3.05, 3.63) is 101 Å². The Kier molecular flexibility index (Phi) is 14.1. The number of benzene rings is 3. The predicted molar refractivity (Wildman–Crippen MR) is 231 cm³/mol. The third kappa shape index (κ3) is 9.08. The quantitative estimate of drug-likeness (QED) is 0.0796. The van der Waals surface area contributed by atoms with E-state index in [9.17, 15) is 9.90 Å². The molecule has 0 saturated carbocycles. The van der Waals surface area contributed by atoms with Gasteiger partial charge < -0.3 is 13.9 Å². The Hall–Kier alpha value is -3.99. The number of pyridine rings is 1. The van der Waals surface area contributed by atoms with Crippen LogP contribution in [0.2, 0.25) is 0 Å². The standard InChI is InChI=1S/C35H34NO2.C15H28O2.Ir/c1-20(2)14-26-19-37-32-13-12-24(16-28(26)32)29-18-31(36-34-33(29)21(3)22(4)38-34)25-15-23-10-8-9-11-27(23)30(17-25)35(5,6)7;1-7-14(5,8-2)12(16)11-13(17)15(6,9-3)10-4;/h8-13,16-20H,14H2,1-7H3;11,16H,7-10H2,1-6H3;/q-1;;/b;12-11-;. The number of rotatable bonds is 11. The molecule has 3 aromatic carbocycles. The molecule has 0 bridgehead atoms. The van der Waals surface area contributed by atoms with Crippen molar-refractivity contribution in [1.82, 2.24) is 4.98 Å². The summed E-state index contributed by atoms with van der Waals surface area (Å²) < 4.78 is 12.1. The molecule has 0 aliphatic heterocycles. The van der Waals surface area contributed by atoms with Crippen LogP contribution in [-0.2, 0) is 36.7 Å². The van der Waals surface area contributed by atoms with Crippen molar-refractivity contribution >= 4 is 38.6 Å². The van der Waals surface area contributed by atoms with Crippen LogP contribution >= 0.6 is 0 Å². The van der Waals surface area contributed by atoms with Gasteiger partial charge in [-0.25, -0.2) is 0 Å². The molecule has 0 amide bonds. The van der Waals surface area contributed by atoms with Crippen LogP contribution in [0.15, 0.2) is 81.5 Å². The molecule has 5 nitrogen and oxygen atoms in total. The van der Waals surface area contributed by atoms with Crippen LogP contribution in [0.4, 0.5) is 0 Å². The van der Waals surface area contributed by atoms with Crippen molar-refractivity contribution in [1.29, 1.82) is 0 Å². The number of carbonyl (C=O) groups is 1. The van der Waals surface area contributed by atoms with Gasteiger partial charge in [0.15, 0.2) is 5.78 Å². The van der Waals surface area contributed by atoms with E-state index in [4.69, 9.17) is 13.8 Å². The van der Waals surface area contributed by atoms with Gasteiger partial charge in [0.2, 0.25) is 5.71 Å². The zero-order chi connectivity index (χ0) is 40.5. The molecule has 0 atom stereocenters. The molecule has 301 valence electrons. The van der Waals surface area contributed by atoms with Gasteiger partial charge >= 0.3 is 0 Å². The molecule has 6 aromatic rings. The van der Waals surface area contributed by atoms with Crippen LogP contribution in [0.3, 0.4) is 0 Å². The SMILES string of the molecule is CCC(C)(CC)C(=O)/C=C(\O)C(C)(CC)CC.Cc1oc2nc(-c3[c-]c4ccccc4c(C(C)(C)C)c3)cc(-c3ccc4occ(CC(C)C)c4c3)c2c1C.[Ir]. The molecule has 3 aromatic heterocycles. The van der Waals surface area contributed by atoms with Gasteiger partial charge in [-0.1, -0.05) is 117 Å². The Bertz CT molecular complexity index is 2340. The second kappa shape index (κ2) is 17.7. The van der Waals surface area contributed by atoms with E-state index in [1.807, 2.05) is 54.7 Å². The van der Waals surface area contributed by atoms with Gasteiger partial charge in [0.05, 0.1) is 6.26 Å². The second-order valence-electron chi connectivity index (χ2n) is 17.4. The summed E-state index contributed by atoms with van der Waals surface area (Å²) in [5, 5.41) is 14.7. The van der Waals surface area contributed by atoms with E-state index in [1.54, 1.807) is 0 Å². The molecular formula is C50H62IrNO4-. The number of ketones is 1. The third-order valence-electron chi connectivity index (χ3n) is 12.2. The van der Waals surface area contributed by atoms with Crippen LogP contribution < -0.4 is 0 Å². The van der Waals surface area contributed by atoms with E-state index in [2.05, 4.69) is 102 Å². The van der Waals surface area contributed by atoms with Gasteiger partial charge in [-0.15, -0.1) is 29.1 Å². The summed E-state index contributed by atoms with van der Waals surface area (Å²) in [5.41, 5.74) is 8.74. The number of nitrogens with zero attached hydrogens (tertiary/aromatic N) is 1. The number of aliphatic hydroxyl groups excluding tert-OH is 1. The van der Waals surface area contributed by atoms with Gasteiger partial charge in [-0.3, -0.25) is 9.78 Å². The first-order valence-electron chi connectivity index (χ1n) is 20.2. The van der Waals surface area contributed by atoms with Crippen molar-refractivity contribution in [2.45, 2.75) is 128 Å². The van der Waals surface area contributed by atoms with E-state index >= 15 is 0 Å². The molecule has 0 aliphatic rings. The minimum atomic E-state index is -0.337. The molecule has 6 heteroatoms. The van der Waals surface area contributed by atoms with Crippen molar-refractivity contribution in [2.24, 2.45) is 16.7 Å². The minimum absolute atomic E-state index is 0. The number of fused-ring (bicyclic) bond motifs is 3. The predicted octanol–water partition coefficient (Wildman–Crippen LogP) is 14.6. The fourth-order valence-electron chi connectivity index (χ4n) is 7.24. The third-order valence-corrected chi connectivity index (χ3v) is 12.2. The number of allylic oxidation sites excluding steroid dienone is 2. The zero-order valence-electron chi connectivity index (χ0n) is 35.9. The average molecular weight is 933 g/mol. The van der Waals surface area contributed by atoms with Crippen LogP contribution in [0, 0.1) is 36.7 Å². The molecule has 0 saturated heterocycles. The Morgan fingerprint density at radius 2 is 1.52 bits per heavy atom. The van der Waals surface area contributed by atoms with Crippen LogP contribution in [0.25, 0.3) is 55.2 Å². The van der Waals surface area contributed by atoms with E-state index in [-0.39, 0.29) is 47.9 Å². The Morgan fingerprint density at radius 3 is 2.12 bits per heavy atom. The molecule has 1 radical (unpaired) electrons. The second-order valence-corrected chi connectivity index (χ2v) is 17.4. The summed E-state index contributed by atoms with van der Waals surface area (Å²) >= 11 is 0. The molecule has 0 aliphatic carbocycles. The largest absolute Gasteiger partial charge is 0.512 e. The molecule has 1 N–H and O–H groups in total. The smallest absolute Gasteiger partial charge is 0.220 e. The van der Waals surface area contributed by atoms with Crippen molar-refractivity contribution in [2.75, 3.05) is 0 Å². The van der Waals surface area contributed by atoms with Gasteiger partial charge in [-0.2, -0.15) is 0 Å². The van der Waals surface area contributed by atoms with Gasteiger partial charge in [0, 0.05) is 59.0 Å². The van der Waals surface area contributed by atoms with Crippen LogP contribution in [0.5, 0.6) is 0 Å². The van der Waals surface area contributed by atoms with E-state index < -0.39 is 0 Å². The van der Waals surface area contributed by atoms with Gasteiger partial charge in [-0.05, 0) is 86.1 Å². The van der Waals surface area contributed by atoms with E-state index in [1.165, 1.54) is 28.0 Å². The maximum absolute atomic E-state index is 12.2. The van der Waals surface area contributed by atoms with Crippen LogP contribution in [-0.4, -0.2) is 15.9 Å². The topological polar surface area (TPSA) is 76.5 Å². The molecular weight excluding hydrogens is 871 g/mol. The molecule has 6 rings (SSSR count). The fourth-order valence-corrected chi connectivity index (χ4v) is 7.24. The maximum atomic E-state index is 12.2. The molecule has 0 spiro atoms. The monoisotopic (exact) mass is 933 g/mol. The molecule has 3 heterocycles. The zero-order valence-corrected chi connectivity index (χ0v) is 38.3. The summed E-state index contributed by atoms with van der Waals surface area (Å²) in [4.78, 5) is 17.2. The van der Waals surface area contributed by atoms with Crippen molar-refractivity contribution < 1.29 is 38.8 Å². The van der Waals surface area contributed by atoms with Crippen LogP contribution in [0.1, 0.15) is 124 Å². The number of furan rings is 2. The Balaban J connectivity index is 0.000000330. The Morgan fingerprint density at radius 1 is 0.875 bits per heavy atom. The summed E-state index contributed by atoms with van der Waals surface area (Å²) in [6.45, 7) is 27.5. The number of hydrogen-bond donors (Lipinski definition) is 1. The summed E-state index contributed by atoms with van der Waals surface area (Å²) in [6, 6.07) is 23.1. The first kappa shape index (κ1) is 44.7. The van der Waals surface area contributed by atoms with Crippen molar-refractivity contribution in [3.8, 4) is 22.4 Å². The molecule has 0 unspecified atom stereocenters. The molecule has 0 fully saturated rings. The van der Waals surface area contributed by atoms with Gasteiger partial charge in [0.25, 0.3) is 0 Å². The number of aryl methyl sites for hydroxylation is 2. The van der Waals surface area contributed by atoms with Crippen molar-refractivity contribution in [3.63, 3.8) is 0 Å². The number of aromatic nitrogens is 1. The number of hydrogen-bond acceptors (Lipinski definition) is 5. The fraction of sp³-hybridized carbons (Fsp3) is 0.440. The van der Waals surface area contributed by atoms with E-state index in [0.29, 0.717) is 11.6 Å². The maximum Gasteiger partial charge on any atom is 0.220 e. The Labute approximate surface area is 348 Å². The summed E-state index contributed by atoms with van der Waals surface area (Å²) in [5.74, 6) is 1.74. The van der Waals surface area contributed by atoms with Gasteiger partial charge in [0.1, 0.15) is 17.1 Å². The summed E-state index contributed by atoms with van der Waals surface area (Å²) in [6.07, 6.45) is 7.65. The first-order valence-corrected chi connectivity index (χ1v) is 20.2. The average Bonchev–Trinajstić information content (AvgIpc) is 3.70. The first-order chi connectivity index (χ1) is 25.9. The number of carbonyl (C=O) groups excluding carboxylic acids is 1. The number of aliphatic hydroxyl groups is 1. The molecule has 56 heavy (non-hydrogen) atoms. The summed E-state index contributed by atoms with van der Waals surface area (Å²) in [7, 11) is 0. The van der Waals surface area contributed by atoms with E-state index in [0.717, 1.165) is 82.2 Å².